The molecule has 1 aliphatic heterocycles. The summed E-state index contributed by atoms with van der Waals surface area (Å²) in [7, 11) is 5.54. The molecule has 1 aliphatic rings. The molecule has 0 fully saturated rings. The molecule has 2 aromatic carbocycles. The van der Waals surface area contributed by atoms with Gasteiger partial charge in [0.05, 0.1) is 14.2 Å². The zero-order valence-electron chi connectivity index (χ0n) is 13.3. The van der Waals surface area contributed by atoms with Crippen molar-refractivity contribution >= 4 is 5.57 Å². The minimum atomic E-state index is 0.880. The molecule has 3 heteroatoms. The molecule has 3 nitrogen and oxygen atoms in total. The Labute approximate surface area is 131 Å². The second-order valence-corrected chi connectivity index (χ2v) is 5.57. The lowest BCUT2D eigenvalue weighted by molar-refractivity contribution is 0.363. The summed E-state index contributed by atoms with van der Waals surface area (Å²) in [5.74, 6) is 1.79. The molecule has 2 aromatic rings. The summed E-state index contributed by atoms with van der Waals surface area (Å²) in [5.41, 5.74) is 5.05. The maximum Gasteiger partial charge on any atom is 0.119 e. The predicted molar refractivity (Wildman–Crippen MR) is 89.4 cm³/mol. The fourth-order valence-electron chi connectivity index (χ4n) is 2.85. The van der Waals surface area contributed by atoms with Crippen molar-refractivity contribution in [2.24, 2.45) is 0 Å². The molecule has 0 saturated heterocycles. The Kier molecular flexibility index (Phi) is 4.16. The van der Waals surface area contributed by atoms with Crippen LogP contribution in [0.2, 0.25) is 0 Å². The number of rotatable bonds is 3. The third-order valence-corrected chi connectivity index (χ3v) is 4.05. The van der Waals surface area contributed by atoms with Crippen molar-refractivity contribution in [2.75, 3.05) is 27.8 Å². The van der Waals surface area contributed by atoms with Crippen molar-refractivity contribution in [1.82, 2.24) is 4.90 Å². The average Bonchev–Trinajstić information content (AvgIpc) is 2.72. The summed E-state index contributed by atoms with van der Waals surface area (Å²) in [6.07, 6.45) is 2.29. The van der Waals surface area contributed by atoms with Gasteiger partial charge in [0.25, 0.3) is 0 Å². The molecule has 0 bridgehead atoms. The normalized spacial score (nSPS) is 14.8. The van der Waals surface area contributed by atoms with Gasteiger partial charge in [0, 0.05) is 13.1 Å². The van der Waals surface area contributed by atoms with E-state index in [1.165, 1.54) is 22.3 Å². The van der Waals surface area contributed by atoms with Crippen LogP contribution >= 0.6 is 0 Å². The molecule has 0 aliphatic carbocycles. The van der Waals surface area contributed by atoms with Gasteiger partial charge in [0.15, 0.2) is 0 Å². The minimum absolute atomic E-state index is 0.880. The second-order valence-electron chi connectivity index (χ2n) is 5.57. The highest BCUT2D eigenvalue weighted by atomic mass is 16.5. The standard InChI is InChI=1S/C19H21NO2/c1-20-11-10-19(14-4-6-16(21-2)7-5-14)18-9-8-17(22-3)12-15(18)13-20/h4-10,12H,11,13H2,1-3H3. The molecule has 0 atom stereocenters. The molecular weight excluding hydrogens is 274 g/mol. The smallest absolute Gasteiger partial charge is 0.119 e. The van der Waals surface area contributed by atoms with Crippen LogP contribution in [-0.2, 0) is 6.54 Å². The first-order valence-corrected chi connectivity index (χ1v) is 7.41. The maximum atomic E-state index is 5.37. The number of methoxy groups -OCH3 is 2. The summed E-state index contributed by atoms with van der Waals surface area (Å²) >= 11 is 0. The van der Waals surface area contributed by atoms with Gasteiger partial charge in [-0.25, -0.2) is 0 Å². The highest BCUT2D eigenvalue weighted by Gasteiger charge is 2.16. The van der Waals surface area contributed by atoms with Crippen LogP contribution in [0.3, 0.4) is 0 Å². The molecule has 0 aromatic heterocycles. The maximum absolute atomic E-state index is 5.37. The van der Waals surface area contributed by atoms with Crippen LogP contribution in [0.4, 0.5) is 0 Å². The van der Waals surface area contributed by atoms with Gasteiger partial charge in [-0.2, -0.15) is 0 Å². The Balaban J connectivity index is 2.07. The number of hydrogen-bond acceptors (Lipinski definition) is 3. The molecule has 0 amide bonds. The number of hydrogen-bond donors (Lipinski definition) is 0. The number of fused-ring (bicyclic) bond motifs is 1. The van der Waals surface area contributed by atoms with E-state index in [4.69, 9.17) is 9.47 Å². The molecule has 0 saturated carbocycles. The summed E-state index contributed by atoms with van der Waals surface area (Å²) in [6.45, 7) is 1.85. The Morgan fingerprint density at radius 3 is 2.27 bits per heavy atom. The van der Waals surface area contributed by atoms with E-state index in [0.29, 0.717) is 0 Å². The van der Waals surface area contributed by atoms with E-state index in [9.17, 15) is 0 Å². The van der Waals surface area contributed by atoms with Crippen LogP contribution < -0.4 is 9.47 Å². The first kappa shape index (κ1) is 14.7. The van der Waals surface area contributed by atoms with Gasteiger partial charge in [-0.3, -0.25) is 4.90 Å². The SMILES string of the molecule is COc1ccc(C2=CCN(C)Cc3cc(OC)ccc32)cc1. The van der Waals surface area contributed by atoms with E-state index in [1.807, 2.05) is 18.2 Å². The Hall–Kier alpha value is -2.26. The van der Waals surface area contributed by atoms with Crippen molar-refractivity contribution in [3.8, 4) is 11.5 Å². The van der Waals surface area contributed by atoms with E-state index in [0.717, 1.165) is 24.6 Å². The summed E-state index contributed by atoms with van der Waals surface area (Å²) in [5, 5.41) is 0. The van der Waals surface area contributed by atoms with Crippen LogP contribution in [-0.4, -0.2) is 32.7 Å². The van der Waals surface area contributed by atoms with E-state index in [2.05, 4.69) is 42.3 Å². The molecule has 0 radical (unpaired) electrons. The van der Waals surface area contributed by atoms with Crippen LogP contribution in [0.15, 0.2) is 48.5 Å². The molecule has 1 heterocycles. The number of benzene rings is 2. The average molecular weight is 295 g/mol. The van der Waals surface area contributed by atoms with E-state index in [-0.39, 0.29) is 0 Å². The fraction of sp³-hybridized carbons (Fsp3) is 0.263. The van der Waals surface area contributed by atoms with Gasteiger partial charge in [-0.05, 0) is 53.6 Å². The number of nitrogens with zero attached hydrogens (tertiary/aromatic N) is 1. The van der Waals surface area contributed by atoms with Gasteiger partial charge in [-0.1, -0.05) is 24.3 Å². The fourth-order valence-corrected chi connectivity index (χ4v) is 2.85. The Morgan fingerprint density at radius 2 is 1.59 bits per heavy atom. The Morgan fingerprint density at radius 1 is 0.909 bits per heavy atom. The summed E-state index contributed by atoms with van der Waals surface area (Å²) in [6, 6.07) is 14.6. The van der Waals surface area contributed by atoms with Gasteiger partial charge >= 0.3 is 0 Å². The monoisotopic (exact) mass is 295 g/mol. The molecule has 3 rings (SSSR count). The third-order valence-electron chi connectivity index (χ3n) is 4.05. The van der Waals surface area contributed by atoms with E-state index in [1.54, 1.807) is 14.2 Å². The third kappa shape index (κ3) is 2.85. The minimum Gasteiger partial charge on any atom is -0.497 e. The van der Waals surface area contributed by atoms with E-state index < -0.39 is 0 Å². The quantitative estimate of drug-likeness (QED) is 0.864. The van der Waals surface area contributed by atoms with Gasteiger partial charge in [0.2, 0.25) is 0 Å². The lowest BCUT2D eigenvalue weighted by atomic mass is 9.94. The number of likely N-dealkylation sites (N-methyl/N-ethyl adjacent to an activating group) is 1. The van der Waals surface area contributed by atoms with Gasteiger partial charge in [0.1, 0.15) is 11.5 Å². The number of ether oxygens (including phenoxy) is 2. The molecule has 22 heavy (non-hydrogen) atoms. The van der Waals surface area contributed by atoms with Crippen molar-refractivity contribution in [1.29, 1.82) is 0 Å². The van der Waals surface area contributed by atoms with Crippen molar-refractivity contribution < 1.29 is 9.47 Å². The molecule has 0 spiro atoms. The zero-order valence-corrected chi connectivity index (χ0v) is 13.3. The summed E-state index contributed by atoms with van der Waals surface area (Å²) < 4.78 is 10.6. The molecule has 0 unspecified atom stereocenters. The first-order chi connectivity index (χ1) is 10.7. The van der Waals surface area contributed by atoms with Crippen molar-refractivity contribution in [3.05, 3.63) is 65.2 Å². The van der Waals surface area contributed by atoms with E-state index >= 15 is 0 Å². The van der Waals surface area contributed by atoms with Gasteiger partial charge in [-0.15, -0.1) is 0 Å². The van der Waals surface area contributed by atoms with Crippen molar-refractivity contribution in [3.63, 3.8) is 0 Å². The largest absolute Gasteiger partial charge is 0.497 e. The van der Waals surface area contributed by atoms with Crippen LogP contribution in [0.1, 0.15) is 16.7 Å². The zero-order chi connectivity index (χ0) is 15.5. The Bertz CT molecular complexity index is 689. The molecule has 114 valence electrons. The lowest BCUT2D eigenvalue weighted by Crippen LogP contribution is -2.16. The highest BCUT2D eigenvalue weighted by Crippen LogP contribution is 2.32. The van der Waals surface area contributed by atoms with Crippen molar-refractivity contribution in [2.45, 2.75) is 6.54 Å². The van der Waals surface area contributed by atoms with Crippen LogP contribution in [0, 0.1) is 0 Å². The molecular formula is C19H21NO2. The first-order valence-electron chi connectivity index (χ1n) is 7.41. The second kappa shape index (κ2) is 6.24. The van der Waals surface area contributed by atoms with Gasteiger partial charge < -0.3 is 9.47 Å². The van der Waals surface area contributed by atoms with Crippen LogP contribution in [0.5, 0.6) is 11.5 Å². The summed E-state index contributed by atoms with van der Waals surface area (Å²) in [4.78, 5) is 2.30. The predicted octanol–water partition coefficient (Wildman–Crippen LogP) is 3.58. The molecule has 0 N–H and O–H groups in total. The lowest BCUT2D eigenvalue weighted by Gasteiger charge is -2.15. The topological polar surface area (TPSA) is 21.7 Å². The highest BCUT2D eigenvalue weighted by molar-refractivity contribution is 5.82. The van der Waals surface area contributed by atoms with Crippen LogP contribution in [0.25, 0.3) is 5.57 Å².